The van der Waals surface area contributed by atoms with Gasteiger partial charge in [0.05, 0.1) is 22.6 Å². The van der Waals surface area contributed by atoms with E-state index in [2.05, 4.69) is 15.0 Å². The molecule has 0 fully saturated rings. The molecular weight excluding hydrogens is 446 g/mol. The zero-order valence-electron chi connectivity index (χ0n) is 17.6. The Kier molecular flexibility index (Phi) is 7.32. The fraction of sp³-hybridized carbons (Fsp3) is 0.174. The number of hydrogen-bond acceptors (Lipinski definition) is 7. The standard InChI is InChI=1S/C23H23N3O4S2/c1-30-22(27)25-21(31-2)26-23(15-7-6-10-20(23)24)16-17-11-13-19(14-12-17)32(28,29)18-8-4-3-5-9-18/h3-15,24H,16H2,1-2H3,(H,25,26,27). The van der Waals surface area contributed by atoms with Crippen LogP contribution >= 0.6 is 11.8 Å². The summed E-state index contributed by atoms with van der Waals surface area (Å²) < 4.78 is 30.3. The maximum Gasteiger partial charge on any atom is 0.412 e. The first-order valence-corrected chi connectivity index (χ1v) is 12.3. The molecule has 0 bridgehead atoms. The lowest BCUT2D eigenvalue weighted by atomic mass is 9.84. The lowest BCUT2D eigenvalue weighted by Gasteiger charge is -2.29. The van der Waals surface area contributed by atoms with Crippen molar-refractivity contribution in [1.29, 1.82) is 5.41 Å². The van der Waals surface area contributed by atoms with Crippen molar-refractivity contribution in [3.8, 4) is 0 Å². The average molecular weight is 470 g/mol. The van der Waals surface area contributed by atoms with Gasteiger partial charge < -0.3 is 10.1 Å². The van der Waals surface area contributed by atoms with Crippen molar-refractivity contribution >= 4 is 38.6 Å². The van der Waals surface area contributed by atoms with Crippen molar-refractivity contribution in [2.24, 2.45) is 4.99 Å². The van der Waals surface area contributed by atoms with Gasteiger partial charge in [-0.15, -0.1) is 0 Å². The molecule has 0 heterocycles. The third-order valence-electron chi connectivity index (χ3n) is 4.86. The van der Waals surface area contributed by atoms with Crippen LogP contribution in [0.15, 0.2) is 93.7 Å². The third-order valence-corrected chi connectivity index (χ3v) is 7.23. The largest absolute Gasteiger partial charge is 0.453 e. The number of aliphatic imine (C=N–C) groups is 1. The lowest BCUT2D eigenvalue weighted by molar-refractivity contribution is 0.177. The van der Waals surface area contributed by atoms with Gasteiger partial charge in [-0.1, -0.05) is 60.3 Å². The number of carbonyl (C=O) groups excluding carboxylic acids is 1. The van der Waals surface area contributed by atoms with Crippen LogP contribution in [0.1, 0.15) is 5.56 Å². The van der Waals surface area contributed by atoms with Gasteiger partial charge in [0.15, 0.2) is 5.17 Å². The van der Waals surface area contributed by atoms with Gasteiger partial charge >= 0.3 is 6.09 Å². The van der Waals surface area contributed by atoms with E-state index in [0.29, 0.717) is 11.6 Å². The average Bonchev–Trinajstić information content (AvgIpc) is 2.81. The summed E-state index contributed by atoms with van der Waals surface area (Å²) in [5, 5.41) is 11.4. The summed E-state index contributed by atoms with van der Waals surface area (Å²) in [4.78, 5) is 16.7. The van der Waals surface area contributed by atoms with Crippen molar-refractivity contribution in [3.05, 3.63) is 84.5 Å². The van der Waals surface area contributed by atoms with E-state index in [-0.39, 0.29) is 15.5 Å². The highest BCUT2D eigenvalue weighted by Gasteiger charge is 2.33. The number of methoxy groups -OCH3 is 1. The fourth-order valence-electron chi connectivity index (χ4n) is 3.17. The van der Waals surface area contributed by atoms with Crippen LogP contribution in [0.5, 0.6) is 0 Å². The molecular formula is C23H23N3O4S2. The Labute approximate surface area is 191 Å². The van der Waals surface area contributed by atoms with Crippen LogP contribution in [0.25, 0.3) is 0 Å². The molecule has 1 atom stereocenters. The van der Waals surface area contributed by atoms with E-state index in [1.54, 1.807) is 85.2 Å². The molecule has 32 heavy (non-hydrogen) atoms. The second-order valence-electron chi connectivity index (χ2n) is 6.93. The smallest absolute Gasteiger partial charge is 0.412 e. The molecule has 166 valence electrons. The first-order valence-electron chi connectivity index (χ1n) is 9.63. The normalized spacial score (nSPS) is 18.4. The number of thioether (sulfide) groups is 1. The Bertz CT molecular complexity index is 1190. The third kappa shape index (κ3) is 5.17. The predicted octanol–water partition coefficient (Wildman–Crippen LogP) is 4.02. The van der Waals surface area contributed by atoms with Gasteiger partial charge in [-0.3, -0.25) is 5.32 Å². The van der Waals surface area contributed by atoms with Crippen molar-refractivity contribution in [1.82, 2.24) is 5.32 Å². The van der Waals surface area contributed by atoms with Gasteiger partial charge in [0.2, 0.25) is 9.84 Å². The molecule has 7 nitrogen and oxygen atoms in total. The first-order chi connectivity index (χ1) is 15.3. The van der Waals surface area contributed by atoms with E-state index in [4.69, 9.17) is 5.41 Å². The number of hydrogen-bond donors (Lipinski definition) is 2. The SMILES string of the molecule is COC(=O)NC(=NC1(Cc2ccc(S(=O)(=O)c3ccccc3)cc2)C=CC=CC1=N)SC. The molecule has 0 radical (unpaired) electrons. The molecule has 2 N–H and O–H groups in total. The Balaban J connectivity index is 1.93. The Morgan fingerprint density at radius 2 is 1.75 bits per heavy atom. The van der Waals surface area contributed by atoms with Gasteiger partial charge in [-0.25, -0.2) is 18.2 Å². The maximum absolute atomic E-state index is 12.8. The zero-order valence-corrected chi connectivity index (χ0v) is 19.2. The number of amides is 1. The van der Waals surface area contributed by atoms with Crippen LogP contribution in [-0.2, 0) is 21.0 Å². The highest BCUT2D eigenvalue weighted by atomic mass is 32.2. The van der Waals surface area contributed by atoms with E-state index < -0.39 is 21.5 Å². The number of sulfone groups is 1. The van der Waals surface area contributed by atoms with E-state index >= 15 is 0 Å². The van der Waals surface area contributed by atoms with Gasteiger partial charge in [0.1, 0.15) is 5.54 Å². The summed E-state index contributed by atoms with van der Waals surface area (Å²) in [6, 6.07) is 14.8. The van der Waals surface area contributed by atoms with E-state index in [9.17, 15) is 13.2 Å². The number of ether oxygens (including phenoxy) is 1. The van der Waals surface area contributed by atoms with Crippen LogP contribution in [0.2, 0.25) is 0 Å². The van der Waals surface area contributed by atoms with Gasteiger partial charge in [0.25, 0.3) is 0 Å². The molecule has 1 aliphatic rings. The molecule has 0 aromatic heterocycles. The quantitative estimate of drug-likeness (QED) is 0.508. The zero-order chi connectivity index (χ0) is 23.2. The minimum Gasteiger partial charge on any atom is -0.453 e. The van der Waals surface area contributed by atoms with Crippen LogP contribution in [0, 0.1) is 5.41 Å². The van der Waals surface area contributed by atoms with Crippen LogP contribution in [-0.4, -0.2) is 44.3 Å². The van der Waals surface area contributed by atoms with E-state index in [0.717, 1.165) is 5.56 Å². The number of alkyl carbamates (subject to hydrolysis) is 1. The summed E-state index contributed by atoms with van der Waals surface area (Å²) in [5.74, 6) is 0. The fourth-order valence-corrected chi connectivity index (χ4v) is 4.89. The molecule has 0 aliphatic heterocycles. The van der Waals surface area contributed by atoms with Crippen LogP contribution in [0.4, 0.5) is 4.79 Å². The first kappa shape index (κ1) is 23.5. The van der Waals surface area contributed by atoms with Crippen molar-refractivity contribution < 1.29 is 17.9 Å². The van der Waals surface area contributed by atoms with E-state index in [1.165, 1.54) is 18.9 Å². The number of rotatable bonds is 5. The van der Waals surface area contributed by atoms with Gasteiger partial charge in [-0.2, -0.15) is 0 Å². The molecule has 0 saturated carbocycles. The molecule has 9 heteroatoms. The number of allylic oxidation sites excluding steroid dienone is 2. The van der Waals surface area contributed by atoms with Crippen molar-refractivity contribution in [3.63, 3.8) is 0 Å². The molecule has 1 unspecified atom stereocenters. The summed E-state index contributed by atoms with van der Waals surface area (Å²) in [6.45, 7) is 0. The molecule has 0 spiro atoms. The lowest BCUT2D eigenvalue weighted by Crippen LogP contribution is -2.40. The molecule has 2 aromatic rings. The summed E-state index contributed by atoms with van der Waals surface area (Å²) >= 11 is 1.23. The number of nitrogens with zero attached hydrogens (tertiary/aromatic N) is 1. The van der Waals surface area contributed by atoms with E-state index in [1.807, 2.05) is 0 Å². The topological polar surface area (TPSA) is 109 Å². The maximum atomic E-state index is 12.8. The summed E-state index contributed by atoms with van der Waals surface area (Å²) in [7, 11) is -2.35. The second-order valence-corrected chi connectivity index (χ2v) is 9.68. The Morgan fingerprint density at radius 3 is 2.34 bits per heavy atom. The minimum absolute atomic E-state index is 0.191. The summed E-state index contributed by atoms with van der Waals surface area (Å²) in [5.41, 5.74) is -0.00307. The highest BCUT2D eigenvalue weighted by molar-refractivity contribution is 8.13. The number of nitrogens with one attached hydrogen (secondary N) is 2. The minimum atomic E-state index is -3.61. The van der Waals surface area contributed by atoms with Crippen LogP contribution < -0.4 is 5.32 Å². The molecule has 0 saturated heterocycles. The highest BCUT2D eigenvalue weighted by Crippen LogP contribution is 2.28. The molecule has 1 aliphatic carbocycles. The second kappa shape index (κ2) is 9.97. The van der Waals surface area contributed by atoms with Gasteiger partial charge in [0, 0.05) is 6.42 Å². The monoisotopic (exact) mass is 469 g/mol. The van der Waals surface area contributed by atoms with Crippen molar-refractivity contribution in [2.75, 3.05) is 13.4 Å². The predicted molar refractivity (Wildman–Crippen MR) is 127 cm³/mol. The molecule has 2 aromatic carbocycles. The molecule has 3 rings (SSSR count). The molecule has 1 amide bonds. The Hall–Kier alpha value is -3.17. The Morgan fingerprint density at radius 1 is 1.09 bits per heavy atom. The number of benzene rings is 2. The summed E-state index contributed by atoms with van der Waals surface area (Å²) in [6.07, 6.45) is 8.41. The number of carbonyl (C=O) groups is 1. The number of amidine groups is 1. The van der Waals surface area contributed by atoms with Gasteiger partial charge in [-0.05, 0) is 42.2 Å². The van der Waals surface area contributed by atoms with Crippen LogP contribution in [0.3, 0.4) is 0 Å². The van der Waals surface area contributed by atoms with Crippen molar-refractivity contribution in [2.45, 2.75) is 21.8 Å².